The zero-order valence-electron chi connectivity index (χ0n) is 16.9. The highest BCUT2D eigenvalue weighted by Crippen LogP contribution is 2.41. The van der Waals surface area contributed by atoms with Gasteiger partial charge in [0, 0.05) is 6.42 Å². The number of carbonyl (C=O) groups excluding carboxylic acids is 2. The van der Waals surface area contributed by atoms with E-state index in [-0.39, 0.29) is 25.0 Å². The standard InChI is InChI=1S/C23H27NO4/c1-15(2)13-27-22(25)24(23(26)28-14-16(3)4)21-11-7-10-19-18-9-6-5-8-17(18)12-20(19)21/h5-11,15-16H,12-14H2,1-4H3. The highest BCUT2D eigenvalue weighted by atomic mass is 16.6. The maximum absolute atomic E-state index is 12.8. The first kappa shape index (κ1) is 19.9. The summed E-state index contributed by atoms with van der Waals surface area (Å²) in [6.45, 7) is 8.28. The summed E-state index contributed by atoms with van der Waals surface area (Å²) in [6.07, 6.45) is -0.744. The third-order valence-electron chi connectivity index (χ3n) is 4.51. The Bertz CT molecular complexity index is 849. The first-order chi connectivity index (χ1) is 13.4. The number of hydrogen-bond acceptors (Lipinski definition) is 4. The molecule has 0 bridgehead atoms. The molecule has 0 aromatic heterocycles. The molecule has 0 radical (unpaired) electrons. The summed E-state index contributed by atoms with van der Waals surface area (Å²) >= 11 is 0. The maximum atomic E-state index is 12.8. The molecule has 0 heterocycles. The molecule has 0 aliphatic heterocycles. The van der Waals surface area contributed by atoms with Crippen LogP contribution in [0.2, 0.25) is 0 Å². The minimum Gasteiger partial charge on any atom is -0.448 e. The van der Waals surface area contributed by atoms with Crippen molar-refractivity contribution in [3.8, 4) is 11.1 Å². The third-order valence-corrected chi connectivity index (χ3v) is 4.51. The number of nitrogens with zero attached hydrogens (tertiary/aromatic N) is 1. The molecule has 5 heteroatoms. The van der Waals surface area contributed by atoms with E-state index >= 15 is 0 Å². The molecule has 1 aliphatic carbocycles. The number of anilines is 1. The molecule has 148 valence electrons. The normalized spacial score (nSPS) is 11.9. The highest BCUT2D eigenvalue weighted by molar-refractivity contribution is 6.10. The molecule has 2 aromatic rings. The Morgan fingerprint density at radius 2 is 1.43 bits per heavy atom. The Kier molecular flexibility index (Phi) is 6.02. The largest absolute Gasteiger partial charge is 0.448 e. The molecule has 0 saturated heterocycles. The second-order valence-corrected chi connectivity index (χ2v) is 7.91. The van der Waals surface area contributed by atoms with Crippen LogP contribution in [0.25, 0.3) is 11.1 Å². The minimum atomic E-state index is -0.702. The van der Waals surface area contributed by atoms with Crippen LogP contribution < -0.4 is 4.90 Å². The van der Waals surface area contributed by atoms with Crippen molar-refractivity contribution in [1.82, 2.24) is 0 Å². The van der Waals surface area contributed by atoms with Crippen LogP contribution in [0.1, 0.15) is 38.8 Å². The molecular formula is C23H27NO4. The van der Waals surface area contributed by atoms with Crippen LogP contribution in [0, 0.1) is 11.8 Å². The average Bonchev–Trinajstić information content (AvgIpc) is 3.04. The summed E-state index contributed by atoms with van der Waals surface area (Å²) < 4.78 is 10.7. The van der Waals surface area contributed by atoms with E-state index < -0.39 is 12.2 Å². The number of ether oxygens (including phenoxy) is 2. The van der Waals surface area contributed by atoms with Crippen molar-refractivity contribution in [2.24, 2.45) is 11.8 Å². The molecule has 0 spiro atoms. The van der Waals surface area contributed by atoms with Gasteiger partial charge < -0.3 is 9.47 Å². The van der Waals surface area contributed by atoms with Gasteiger partial charge in [0.05, 0.1) is 18.9 Å². The molecule has 2 amide bonds. The van der Waals surface area contributed by atoms with Crippen LogP contribution >= 0.6 is 0 Å². The van der Waals surface area contributed by atoms with Crippen LogP contribution in [-0.2, 0) is 15.9 Å². The molecule has 0 unspecified atom stereocenters. The number of carbonyl (C=O) groups is 2. The summed E-state index contributed by atoms with van der Waals surface area (Å²) in [6, 6.07) is 13.8. The van der Waals surface area contributed by atoms with Gasteiger partial charge in [-0.3, -0.25) is 0 Å². The fourth-order valence-corrected chi connectivity index (χ4v) is 3.23. The van der Waals surface area contributed by atoms with E-state index in [1.54, 1.807) is 6.07 Å². The predicted octanol–water partition coefficient (Wildman–Crippen LogP) is 5.65. The lowest BCUT2D eigenvalue weighted by atomic mass is 10.0. The lowest BCUT2D eigenvalue weighted by molar-refractivity contribution is 0.121. The van der Waals surface area contributed by atoms with Gasteiger partial charge in [0.25, 0.3) is 0 Å². The molecule has 0 atom stereocenters. The second-order valence-electron chi connectivity index (χ2n) is 7.91. The highest BCUT2D eigenvalue weighted by Gasteiger charge is 2.32. The Morgan fingerprint density at radius 3 is 2.04 bits per heavy atom. The van der Waals surface area contributed by atoms with Gasteiger partial charge in [0.15, 0.2) is 0 Å². The van der Waals surface area contributed by atoms with Crippen molar-refractivity contribution in [3.05, 3.63) is 53.6 Å². The van der Waals surface area contributed by atoms with Gasteiger partial charge in [-0.15, -0.1) is 0 Å². The van der Waals surface area contributed by atoms with Crippen molar-refractivity contribution < 1.29 is 19.1 Å². The molecule has 0 saturated carbocycles. The molecule has 3 rings (SSSR count). The molecule has 1 aliphatic rings. The first-order valence-electron chi connectivity index (χ1n) is 9.72. The fraction of sp³-hybridized carbons (Fsp3) is 0.391. The molecule has 28 heavy (non-hydrogen) atoms. The van der Waals surface area contributed by atoms with Gasteiger partial charge in [-0.1, -0.05) is 64.1 Å². The monoisotopic (exact) mass is 381 g/mol. The smallest absolute Gasteiger partial charge is 0.424 e. The summed E-state index contributed by atoms with van der Waals surface area (Å²) in [5, 5.41) is 0. The van der Waals surface area contributed by atoms with Crippen LogP contribution in [0.5, 0.6) is 0 Å². The first-order valence-corrected chi connectivity index (χ1v) is 9.72. The Morgan fingerprint density at radius 1 is 0.857 bits per heavy atom. The number of fused-ring (bicyclic) bond motifs is 3. The van der Waals surface area contributed by atoms with Crippen LogP contribution in [0.4, 0.5) is 15.3 Å². The summed E-state index contributed by atoms with van der Waals surface area (Å²) in [4.78, 5) is 26.7. The Labute approximate surface area is 166 Å². The Balaban J connectivity index is 1.97. The summed E-state index contributed by atoms with van der Waals surface area (Å²) in [7, 11) is 0. The number of amides is 2. The van der Waals surface area contributed by atoms with Gasteiger partial charge in [0.1, 0.15) is 0 Å². The van der Waals surface area contributed by atoms with Gasteiger partial charge in [-0.25, -0.2) is 9.59 Å². The third kappa shape index (κ3) is 4.19. The zero-order chi connectivity index (χ0) is 20.3. The molecule has 0 fully saturated rings. The van der Waals surface area contributed by atoms with Crippen molar-refractivity contribution in [2.45, 2.75) is 34.1 Å². The van der Waals surface area contributed by atoms with E-state index in [4.69, 9.17) is 9.47 Å². The average molecular weight is 381 g/mol. The molecule has 0 N–H and O–H groups in total. The number of rotatable bonds is 5. The van der Waals surface area contributed by atoms with Crippen LogP contribution in [-0.4, -0.2) is 25.4 Å². The van der Waals surface area contributed by atoms with Crippen molar-refractivity contribution in [1.29, 1.82) is 0 Å². The van der Waals surface area contributed by atoms with Gasteiger partial charge in [0.2, 0.25) is 0 Å². The lowest BCUT2D eigenvalue weighted by Gasteiger charge is -2.23. The second kappa shape index (κ2) is 8.46. The molecular weight excluding hydrogens is 354 g/mol. The van der Waals surface area contributed by atoms with Gasteiger partial charge in [-0.05, 0) is 40.2 Å². The molecule has 2 aromatic carbocycles. The van der Waals surface area contributed by atoms with Crippen molar-refractivity contribution in [3.63, 3.8) is 0 Å². The van der Waals surface area contributed by atoms with E-state index in [0.717, 1.165) is 21.6 Å². The van der Waals surface area contributed by atoms with Gasteiger partial charge in [-0.2, -0.15) is 4.90 Å². The zero-order valence-corrected chi connectivity index (χ0v) is 16.9. The topological polar surface area (TPSA) is 55.8 Å². The lowest BCUT2D eigenvalue weighted by Crippen LogP contribution is -2.39. The number of imide groups is 1. The maximum Gasteiger partial charge on any atom is 0.424 e. The Hall–Kier alpha value is -2.82. The van der Waals surface area contributed by atoms with Crippen molar-refractivity contribution >= 4 is 17.9 Å². The minimum absolute atomic E-state index is 0.170. The SMILES string of the molecule is CC(C)COC(=O)N(C(=O)OCC(C)C)c1cccc2c1Cc1ccccc1-2. The van der Waals surface area contributed by atoms with Gasteiger partial charge >= 0.3 is 12.2 Å². The van der Waals surface area contributed by atoms with Crippen LogP contribution in [0.3, 0.4) is 0 Å². The quantitative estimate of drug-likeness (QED) is 0.573. The van der Waals surface area contributed by atoms with E-state index in [1.165, 1.54) is 5.56 Å². The van der Waals surface area contributed by atoms with E-state index in [0.29, 0.717) is 12.1 Å². The summed E-state index contributed by atoms with van der Waals surface area (Å²) in [5.74, 6) is 0.339. The van der Waals surface area contributed by atoms with Crippen molar-refractivity contribution in [2.75, 3.05) is 18.1 Å². The predicted molar refractivity (Wildman–Crippen MR) is 110 cm³/mol. The van der Waals surface area contributed by atoms with Crippen LogP contribution in [0.15, 0.2) is 42.5 Å². The number of benzene rings is 2. The summed E-state index contributed by atoms with van der Waals surface area (Å²) in [5.41, 5.74) is 4.80. The van der Waals surface area contributed by atoms with E-state index in [9.17, 15) is 9.59 Å². The number of hydrogen-bond donors (Lipinski definition) is 0. The van der Waals surface area contributed by atoms with E-state index in [1.807, 2.05) is 52.0 Å². The fourth-order valence-electron chi connectivity index (χ4n) is 3.23. The molecule has 5 nitrogen and oxygen atoms in total. The van der Waals surface area contributed by atoms with E-state index in [2.05, 4.69) is 12.1 Å².